The molecule has 0 spiro atoms. The molecule has 1 heterocycles. The van der Waals surface area contributed by atoms with Gasteiger partial charge in [0, 0.05) is 12.4 Å². The average molecular weight is 197 g/mol. The first-order valence-electron chi connectivity index (χ1n) is 4.55. The zero-order valence-corrected chi connectivity index (χ0v) is 8.32. The minimum absolute atomic E-state index is 0.175. The average Bonchev–Trinajstić information content (AvgIpc) is 2.68. The highest BCUT2D eigenvalue weighted by Crippen LogP contribution is 2.26. The quantitative estimate of drug-likeness (QED) is 0.662. The first-order valence-corrected chi connectivity index (χ1v) is 4.55. The lowest BCUT2D eigenvalue weighted by atomic mass is 9.83. The predicted molar refractivity (Wildman–Crippen MR) is 51.5 cm³/mol. The van der Waals surface area contributed by atoms with Crippen molar-refractivity contribution in [2.45, 2.75) is 25.8 Å². The standard InChI is InChI=1S/C9H15N3O2/c1-3-6(2)9(10,8(13)14)7-11-4-5-12-7/h4-6H,3,10H2,1-2H3,(H,11,12)(H,13,14)/t6-,9+/m0/s1. The summed E-state index contributed by atoms with van der Waals surface area (Å²) in [5, 5.41) is 9.12. The third kappa shape index (κ3) is 1.50. The molecule has 0 bridgehead atoms. The van der Waals surface area contributed by atoms with Crippen LogP contribution in [0.25, 0.3) is 0 Å². The lowest BCUT2D eigenvalue weighted by Crippen LogP contribution is -2.51. The summed E-state index contributed by atoms with van der Waals surface area (Å²) >= 11 is 0. The number of carboxylic acids is 1. The second-order valence-corrected chi connectivity index (χ2v) is 3.42. The fourth-order valence-electron chi connectivity index (χ4n) is 1.36. The van der Waals surface area contributed by atoms with Crippen molar-refractivity contribution < 1.29 is 9.90 Å². The van der Waals surface area contributed by atoms with Crippen molar-refractivity contribution in [3.05, 3.63) is 18.2 Å². The number of aromatic nitrogens is 2. The molecule has 0 fully saturated rings. The van der Waals surface area contributed by atoms with Gasteiger partial charge in [0.1, 0.15) is 5.82 Å². The van der Waals surface area contributed by atoms with Gasteiger partial charge in [-0.25, -0.2) is 9.78 Å². The molecule has 0 radical (unpaired) electrons. The Hall–Kier alpha value is -1.36. The second kappa shape index (κ2) is 3.79. The molecule has 0 unspecified atom stereocenters. The molecule has 5 heteroatoms. The zero-order chi connectivity index (χ0) is 10.8. The summed E-state index contributed by atoms with van der Waals surface area (Å²) in [6.07, 6.45) is 3.76. The van der Waals surface area contributed by atoms with Gasteiger partial charge in [-0.05, 0) is 5.92 Å². The third-order valence-electron chi connectivity index (χ3n) is 2.63. The van der Waals surface area contributed by atoms with Crippen LogP contribution in [0.3, 0.4) is 0 Å². The highest BCUT2D eigenvalue weighted by atomic mass is 16.4. The van der Waals surface area contributed by atoms with E-state index in [4.69, 9.17) is 10.8 Å². The number of carboxylic acid groups (broad SMARTS) is 1. The van der Waals surface area contributed by atoms with Crippen LogP contribution in [0.5, 0.6) is 0 Å². The Bertz CT molecular complexity index is 310. The second-order valence-electron chi connectivity index (χ2n) is 3.42. The number of imidazole rings is 1. The van der Waals surface area contributed by atoms with E-state index in [0.29, 0.717) is 12.2 Å². The van der Waals surface area contributed by atoms with Gasteiger partial charge in [0.15, 0.2) is 5.54 Å². The number of nitrogens with one attached hydrogen (secondary N) is 1. The van der Waals surface area contributed by atoms with E-state index >= 15 is 0 Å². The molecule has 0 aliphatic rings. The highest BCUT2D eigenvalue weighted by Gasteiger charge is 2.43. The minimum atomic E-state index is -1.42. The van der Waals surface area contributed by atoms with Gasteiger partial charge in [-0.15, -0.1) is 0 Å². The first-order chi connectivity index (χ1) is 6.53. The van der Waals surface area contributed by atoms with Crippen molar-refractivity contribution in [1.82, 2.24) is 9.97 Å². The first kappa shape index (κ1) is 10.7. The van der Waals surface area contributed by atoms with Crippen LogP contribution in [0, 0.1) is 5.92 Å². The maximum atomic E-state index is 11.1. The molecule has 0 aliphatic heterocycles. The number of hydrogen-bond donors (Lipinski definition) is 3. The lowest BCUT2D eigenvalue weighted by Gasteiger charge is -2.28. The molecule has 14 heavy (non-hydrogen) atoms. The monoisotopic (exact) mass is 197 g/mol. The molecular formula is C9H15N3O2. The number of H-pyrrole nitrogens is 1. The Kier molecular flexibility index (Phi) is 2.90. The molecule has 1 rings (SSSR count). The number of nitrogens with two attached hydrogens (primary N) is 1. The van der Waals surface area contributed by atoms with E-state index in [2.05, 4.69) is 9.97 Å². The van der Waals surface area contributed by atoms with Crippen LogP contribution in [0.2, 0.25) is 0 Å². The van der Waals surface area contributed by atoms with Gasteiger partial charge in [-0.3, -0.25) is 0 Å². The summed E-state index contributed by atoms with van der Waals surface area (Å²) in [4.78, 5) is 17.8. The smallest absolute Gasteiger partial charge is 0.331 e. The van der Waals surface area contributed by atoms with Crippen molar-refractivity contribution >= 4 is 5.97 Å². The van der Waals surface area contributed by atoms with E-state index < -0.39 is 11.5 Å². The number of aromatic amines is 1. The molecule has 2 atom stereocenters. The van der Waals surface area contributed by atoms with Gasteiger partial charge < -0.3 is 15.8 Å². The third-order valence-corrected chi connectivity index (χ3v) is 2.63. The van der Waals surface area contributed by atoms with Crippen LogP contribution in [0.1, 0.15) is 26.1 Å². The topological polar surface area (TPSA) is 92.0 Å². The molecule has 0 aromatic carbocycles. The van der Waals surface area contributed by atoms with Crippen LogP contribution in [-0.4, -0.2) is 21.0 Å². The SMILES string of the molecule is CC[C@H](C)[C@](N)(C(=O)O)c1ncc[nH]1. The van der Waals surface area contributed by atoms with Gasteiger partial charge in [-0.2, -0.15) is 0 Å². The fourth-order valence-corrected chi connectivity index (χ4v) is 1.36. The van der Waals surface area contributed by atoms with Crippen LogP contribution >= 0.6 is 0 Å². The molecule has 5 nitrogen and oxygen atoms in total. The van der Waals surface area contributed by atoms with E-state index in [1.54, 1.807) is 13.1 Å². The number of aliphatic carboxylic acids is 1. The van der Waals surface area contributed by atoms with E-state index in [0.717, 1.165) is 0 Å². The number of nitrogens with zero attached hydrogens (tertiary/aromatic N) is 1. The van der Waals surface area contributed by atoms with Gasteiger partial charge in [0.2, 0.25) is 0 Å². The van der Waals surface area contributed by atoms with Crippen molar-refractivity contribution in [2.24, 2.45) is 11.7 Å². The normalized spacial score (nSPS) is 17.4. The lowest BCUT2D eigenvalue weighted by molar-refractivity contribution is -0.146. The molecule has 1 aromatic heterocycles. The van der Waals surface area contributed by atoms with Gasteiger partial charge >= 0.3 is 5.97 Å². The molecule has 0 amide bonds. The zero-order valence-electron chi connectivity index (χ0n) is 8.32. The summed E-state index contributed by atoms with van der Waals surface area (Å²) < 4.78 is 0. The summed E-state index contributed by atoms with van der Waals surface area (Å²) in [6, 6.07) is 0. The number of rotatable bonds is 4. The van der Waals surface area contributed by atoms with Crippen LogP contribution in [0.15, 0.2) is 12.4 Å². The van der Waals surface area contributed by atoms with Crippen molar-refractivity contribution in [1.29, 1.82) is 0 Å². The summed E-state index contributed by atoms with van der Waals surface area (Å²) in [5.41, 5.74) is 4.45. The molecule has 0 saturated heterocycles. The summed E-state index contributed by atoms with van der Waals surface area (Å²) in [7, 11) is 0. The molecular weight excluding hydrogens is 182 g/mol. The maximum absolute atomic E-state index is 11.1. The van der Waals surface area contributed by atoms with Crippen molar-refractivity contribution in [3.8, 4) is 0 Å². The molecule has 0 saturated carbocycles. The summed E-state index contributed by atoms with van der Waals surface area (Å²) in [6.45, 7) is 3.70. The Morgan fingerprint density at radius 1 is 1.86 bits per heavy atom. The fraction of sp³-hybridized carbons (Fsp3) is 0.556. The van der Waals surface area contributed by atoms with Crippen molar-refractivity contribution in [2.75, 3.05) is 0 Å². The van der Waals surface area contributed by atoms with Gasteiger partial charge in [0.05, 0.1) is 0 Å². The van der Waals surface area contributed by atoms with Crippen LogP contribution in [-0.2, 0) is 10.3 Å². The van der Waals surface area contributed by atoms with Crippen LogP contribution < -0.4 is 5.73 Å². The van der Waals surface area contributed by atoms with E-state index in [9.17, 15) is 4.79 Å². The van der Waals surface area contributed by atoms with Crippen molar-refractivity contribution in [3.63, 3.8) is 0 Å². The molecule has 78 valence electrons. The number of hydrogen-bond acceptors (Lipinski definition) is 3. The molecule has 0 aliphatic carbocycles. The van der Waals surface area contributed by atoms with Gasteiger partial charge in [0.25, 0.3) is 0 Å². The number of carbonyl (C=O) groups is 1. The predicted octanol–water partition coefficient (Wildman–Crippen LogP) is 0.694. The Labute approximate surface area is 82.3 Å². The molecule has 4 N–H and O–H groups in total. The Balaban J connectivity index is 3.12. The van der Waals surface area contributed by atoms with E-state index in [1.165, 1.54) is 6.20 Å². The highest BCUT2D eigenvalue weighted by molar-refractivity contribution is 5.79. The minimum Gasteiger partial charge on any atom is -0.480 e. The van der Waals surface area contributed by atoms with E-state index in [-0.39, 0.29) is 5.92 Å². The summed E-state index contributed by atoms with van der Waals surface area (Å²) in [5.74, 6) is -0.924. The Morgan fingerprint density at radius 3 is 2.86 bits per heavy atom. The van der Waals surface area contributed by atoms with Crippen LogP contribution in [0.4, 0.5) is 0 Å². The maximum Gasteiger partial charge on any atom is 0.331 e. The Morgan fingerprint density at radius 2 is 2.50 bits per heavy atom. The van der Waals surface area contributed by atoms with Gasteiger partial charge in [-0.1, -0.05) is 20.3 Å². The molecule has 1 aromatic rings. The van der Waals surface area contributed by atoms with E-state index in [1.807, 2.05) is 6.92 Å². The largest absolute Gasteiger partial charge is 0.480 e.